The standard InChI is InChI=1S/C13H28N2O4/c1-10(11(17-6)18-7)14-8-9-15(5)12(16)19-13(2,3)4/h10-11,14H,8-9H2,1-7H3. The Labute approximate surface area is 116 Å². The first-order chi connectivity index (χ1) is 8.71. The molecular weight excluding hydrogens is 248 g/mol. The van der Waals surface area contributed by atoms with Crippen molar-refractivity contribution in [2.45, 2.75) is 45.6 Å². The number of nitrogens with zero attached hydrogens (tertiary/aromatic N) is 1. The number of likely N-dealkylation sites (N-methyl/N-ethyl adjacent to an activating group) is 1. The second kappa shape index (κ2) is 8.35. The minimum atomic E-state index is -0.469. The van der Waals surface area contributed by atoms with Crippen molar-refractivity contribution in [1.82, 2.24) is 10.2 Å². The Bertz CT molecular complexity index is 262. The van der Waals surface area contributed by atoms with Crippen LogP contribution in [0.4, 0.5) is 4.79 Å². The molecule has 0 aromatic carbocycles. The molecule has 0 saturated carbocycles. The Morgan fingerprint density at radius 2 is 1.79 bits per heavy atom. The molecule has 0 heterocycles. The van der Waals surface area contributed by atoms with Gasteiger partial charge in [0.15, 0.2) is 6.29 Å². The first-order valence-corrected chi connectivity index (χ1v) is 6.44. The maximum atomic E-state index is 11.7. The normalized spacial score (nSPS) is 13.5. The molecule has 19 heavy (non-hydrogen) atoms. The van der Waals surface area contributed by atoms with Gasteiger partial charge >= 0.3 is 6.09 Å². The number of amides is 1. The lowest BCUT2D eigenvalue weighted by Crippen LogP contribution is -2.44. The Balaban J connectivity index is 3.97. The van der Waals surface area contributed by atoms with Crippen LogP contribution in [-0.2, 0) is 14.2 Å². The van der Waals surface area contributed by atoms with Gasteiger partial charge in [0, 0.05) is 34.4 Å². The van der Waals surface area contributed by atoms with Gasteiger partial charge in [0.1, 0.15) is 5.60 Å². The zero-order valence-electron chi connectivity index (χ0n) is 13.1. The molecular formula is C13H28N2O4. The topological polar surface area (TPSA) is 60.0 Å². The van der Waals surface area contributed by atoms with E-state index in [9.17, 15) is 4.79 Å². The Morgan fingerprint density at radius 1 is 1.26 bits per heavy atom. The van der Waals surface area contributed by atoms with Gasteiger partial charge in [0.25, 0.3) is 0 Å². The van der Waals surface area contributed by atoms with Crippen LogP contribution < -0.4 is 5.32 Å². The third-order valence-corrected chi connectivity index (χ3v) is 2.49. The first-order valence-electron chi connectivity index (χ1n) is 6.44. The Morgan fingerprint density at radius 3 is 2.21 bits per heavy atom. The fraction of sp³-hybridized carbons (Fsp3) is 0.923. The van der Waals surface area contributed by atoms with Gasteiger partial charge in [-0.2, -0.15) is 0 Å². The van der Waals surface area contributed by atoms with E-state index in [0.29, 0.717) is 13.1 Å². The van der Waals surface area contributed by atoms with Gasteiger partial charge < -0.3 is 24.4 Å². The molecule has 6 nitrogen and oxygen atoms in total. The molecule has 0 spiro atoms. The van der Waals surface area contributed by atoms with Gasteiger partial charge in [-0.1, -0.05) is 0 Å². The predicted molar refractivity (Wildman–Crippen MR) is 74.1 cm³/mol. The van der Waals surface area contributed by atoms with E-state index >= 15 is 0 Å². The molecule has 1 atom stereocenters. The van der Waals surface area contributed by atoms with E-state index < -0.39 is 5.60 Å². The average molecular weight is 276 g/mol. The quantitative estimate of drug-likeness (QED) is 0.713. The van der Waals surface area contributed by atoms with Crippen molar-refractivity contribution < 1.29 is 19.0 Å². The molecule has 0 aliphatic carbocycles. The lowest BCUT2D eigenvalue weighted by atomic mass is 10.2. The first kappa shape index (κ1) is 18.1. The summed E-state index contributed by atoms with van der Waals surface area (Å²) in [6.45, 7) is 8.70. The van der Waals surface area contributed by atoms with E-state index in [0.717, 1.165) is 0 Å². The fourth-order valence-corrected chi connectivity index (χ4v) is 1.49. The van der Waals surface area contributed by atoms with Crippen LogP contribution in [-0.4, -0.2) is 63.3 Å². The summed E-state index contributed by atoms with van der Waals surface area (Å²) >= 11 is 0. The van der Waals surface area contributed by atoms with Crippen LogP contribution in [0.25, 0.3) is 0 Å². The van der Waals surface area contributed by atoms with E-state index in [-0.39, 0.29) is 18.4 Å². The van der Waals surface area contributed by atoms with Crippen molar-refractivity contribution in [3.05, 3.63) is 0 Å². The summed E-state index contributed by atoms with van der Waals surface area (Å²) in [7, 11) is 4.91. The molecule has 1 amide bonds. The second-order valence-corrected chi connectivity index (χ2v) is 5.48. The number of rotatable bonds is 7. The Kier molecular flexibility index (Phi) is 7.97. The van der Waals surface area contributed by atoms with Gasteiger partial charge in [0.05, 0.1) is 6.04 Å². The largest absolute Gasteiger partial charge is 0.444 e. The zero-order valence-corrected chi connectivity index (χ0v) is 13.1. The molecule has 1 N–H and O–H groups in total. The van der Waals surface area contributed by atoms with Crippen LogP contribution in [0.2, 0.25) is 0 Å². The van der Waals surface area contributed by atoms with E-state index in [1.54, 1.807) is 26.2 Å². The maximum absolute atomic E-state index is 11.7. The van der Waals surface area contributed by atoms with Crippen LogP contribution in [0.3, 0.4) is 0 Å². The highest BCUT2D eigenvalue weighted by Crippen LogP contribution is 2.08. The highest BCUT2D eigenvalue weighted by atomic mass is 16.7. The van der Waals surface area contributed by atoms with E-state index in [1.165, 1.54) is 0 Å². The zero-order chi connectivity index (χ0) is 15.1. The van der Waals surface area contributed by atoms with Gasteiger partial charge in [-0.3, -0.25) is 0 Å². The number of methoxy groups -OCH3 is 2. The van der Waals surface area contributed by atoms with Crippen molar-refractivity contribution in [2.75, 3.05) is 34.4 Å². The molecule has 0 rings (SSSR count). The molecule has 114 valence electrons. The third-order valence-electron chi connectivity index (χ3n) is 2.49. The number of nitrogens with one attached hydrogen (secondary N) is 1. The van der Waals surface area contributed by atoms with Crippen molar-refractivity contribution in [1.29, 1.82) is 0 Å². The molecule has 1 unspecified atom stereocenters. The van der Waals surface area contributed by atoms with E-state index in [1.807, 2.05) is 27.7 Å². The summed E-state index contributed by atoms with van der Waals surface area (Å²) in [5, 5.41) is 3.23. The highest BCUT2D eigenvalue weighted by molar-refractivity contribution is 5.67. The monoisotopic (exact) mass is 276 g/mol. The van der Waals surface area contributed by atoms with E-state index in [2.05, 4.69) is 5.32 Å². The van der Waals surface area contributed by atoms with Gasteiger partial charge in [-0.15, -0.1) is 0 Å². The number of carbonyl (C=O) groups is 1. The predicted octanol–water partition coefficient (Wildman–Crippen LogP) is 1.45. The summed E-state index contributed by atoms with van der Waals surface area (Å²) in [5.41, 5.74) is -0.469. The number of hydrogen-bond donors (Lipinski definition) is 1. The van der Waals surface area contributed by atoms with Gasteiger partial charge in [-0.05, 0) is 27.7 Å². The number of hydrogen-bond acceptors (Lipinski definition) is 5. The van der Waals surface area contributed by atoms with Crippen LogP contribution in [0, 0.1) is 0 Å². The van der Waals surface area contributed by atoms with Crippen molar-refractivity contribution in [3.63, 3.8) is 0 Å². The van der Waals surface area contributed by atoms with Crippen LogP contribution in [0.5, 0.6) is 0 Å². The highest BCUT2D eigenvalue weighted by Gasteiger charge is 2.20. The molecule has 0 fully saturated rings. The minimum Gasteiger partial charge on any atom is -0.444 e. The van der Waals surface area contributed by atoms with Crippen LogP contribution >= 0.6 is 0 Å². The molecule has 0 aromatic rings. The SMILES string of the molecule is COC(OC)C(C)NCCN(C)C(=O)OC(C)(C)C. The summed E-state index contributed by atoms with van der Waals surface area (Å²) in [6.07, 6.45) is -0.621. The smallest absolute Gasteiger partial charge is 0.410 e. The van der Waals surface area contributed by atoms with Crippen LogP contribution in [0.1, 0.15) is 27.7 Å². The number of carbonyl (C=O) groups excluding carboxylic acids is 1. The van der Waals surface area contributed by atoms with Gasteiger partial charge in [0.2, 0.25) is 0 Å². The fourth-order valence-electron chi connectivity index (χ4n) is 1.49. The second-order valence-electron chi connectivity index (χ2n) is 5.48. The Hall–Kier alpha value is -0.850. The molecule has 0 radical (unpaired) electrons. The van der Waals surface area contributed by atoms with Crippen molar-refractivity contribution in [3.8, 4) is 0 Å². The molecule has 0 bridgehead atoms. The summed E-state index contributed by atoms with van der Waals surface area (Å²) in [4.78, 5) is 13.2. The summed E-state index contributed by atoms with van der Waals surface area (Å²) in [5.74, 6) is 0. The maximum Gasteiger partial charge on any atom is 0.410 e. The number of ether oxygens (including phenoxy) is 3. The van der Waals surface area contributed by atoms with Crippen molar-refractivity contribution >= 4 is 6.09 Å². The average Bonchev–Trinajstić information content (AvgIpc) is 2.28. The summed E-state index contributed by atoms with van der Waals surface area (Å²) in [6, 6.07) is 0.0436. The third kappa shape index (κ3) is 8.02. The summed E-state index contributed by atoms with van der Waals surface area (Å²) < 4.78 is 15.5. The molecule has 0 aromatic heterocycles. The molecule has 0 aliphatic rings. The molecule has 0 saturated heterocycles. The van der Waals surface area contributed by atoms with Gasteiger partial charge in [-0.25, -0.2) is 4.79 Å². The van der Waals surface area contributed by atoms with Crippen LogP contribution in [0.15, 0.2) is 0 Å². The van der Waals surface area contributed by atoms with Crippen molar-refractivity contribution in [2.24, 2.45) is 0 Å². The minimum absolute atomic E-state index is 0.0436. The molecule has 6 heteroatoms. The lowest BCUT2D eigenvalue weighted by molar-refractivity contribution is -0.119. The molecule has 0 aliphatic heterocycles. The van der Waals surface area contributed by atoms with E-state index in [4.69, 9.17) is 14.2 Å². The lowest BCUT2D eigenvalue weighted by Gasteiger charge is -2.26.